The van der Waals surface area contributed by atoms with Gasteiger partial charge in [0.05, 0.1) is 19.6 Å². The molecule has 1 aromatic rings. The lowest BCUT2D eigenvalue weighted by molar-refractivity contribution is -0.144. The summed E-state index contributed by atoms with van der Waals surface area (Å²) < 4.78 is 10.3. The van der Waals surface area contributed by atoms with Crippen LogP contribution in [-0.4, -0.2) is 31.0 Å². The molecular weight excluding hydrogens is 324 g/mol. The van der Waals surface area contributed by atoms with Gasteiger partial charge in [-0.1, -0.05) is 13.8 Å². The number of benzene rings is 1. The van der Waals surface area contributed by atoms with E-state index in [0.29, 0.717) is 23.8 Å². The molecule has 25 heavy (non-hydrogen) atoms. The van der Waals surface area contributed by atoms with E-state index in [1.54, 1.807) is 31.2 Å². The molecule has 0 saturated carbocycles. The molecule has 0 atom stereocenters. The van der Waals surface area contributed by atoms with Gasteiger partial charge in [0.15, 0.2) is 0 Å². The van der Waals surface area contributed by atoms with Gasteiger partial charge in [-0.15, -0.1) is 0 Å². The SMILES string of the molecule is CCOC(=O)CCC(=O)NNC(=O)c1ccc(OCCC(C)C)cc1. The van der Waals surface area contributed by atoms with Crippen molar-refractivity contribution >= 4 is 17.8 Å². The zero-order valence-electron chi connectivity index (χ0n) is 15.0. The number of ether oxygens (including phenoxy) is 2. The lowest BCUT2D eigenvalue weighted by Crippen LogP contribution is -2.41. The maximum atomic E-state index is 11.9. The first-order chi connectivity index (χ1) is 11.9. The molecule has 2 N–H and O–H groups in total. The molecule has 0 saturated heterocycles. The van der Waals surface area contributed by atoms with E-state index in [1.807, 2.05) is 0 Å². The van der Waals surface area contributed by atoms with Crippen LogP contribution in [0.4, 0.5) is 0 Å². The number of hydrogen-bond acceptors (Lipinski definition) is 5. The quantitative estimate of drug-likeness (QED) is 0.526. The first-order valence-electron chi connectivity index (χ1n) is 8.40. The van der Waals surface area contributed by atoms with Crippen LogP contribution in [0.15, 0.2) is 24.3 Å². The largest absolute Gasteiger partial charge is 0.494 e. The second-order valence-corrected chi connectivity index (χ2v) is 5.86. The highest BCUT2D eigenvalue weighted by Gasteiger charge is 2.10. The van der Waals surface area contributed by atoms with Crippen LogP contribution < -0.4 is 15.6 Å². The predicted molar refractivity (Wildman–Crippen MR) is 92.9 cm³/mol. The van der Waals surface area contributed by atoms with Crippen LogP contribution in [0.1, 0.15) is 50.4 Å². The van der Waals surface area contributed by atoms with Crippen LogP contribution in [-0.2, 0) is 14.3 Å². The number of esters is 1. The third-order valence-electron chi connectivity index (χ3n) is 3.26. The van der Waals surface area contributed by atoms with Gasteiger partial charge in [0.1, 0.15) is 5.75 Å². The molecule has 0 fully saturated rings. The number of nitrogens with one attached hydrogen (secondary N) is 2. The van der Waals surface area contributed by atoms with Gasteiger partial charge in [-0.3, -0.25) is 25.2 Å². The molecule has 0 aliphatic carbocycles. The Morgan fingerprint density at radius 3 is 2.32 bits per heavy atom. The highest BCUT2D eigenvalue weighted by Crippen LogP contribution is 2.13. The maximum absolute atomic E-state index is 11.9. The van der Waals surface area contributed by atoms with Gasteiger partial charge < -0.3 is 9.47 Å². The molecule has 0 aliphatic heterocycles. The number of hydrogen-bond donors (Lipinski definition) is 2. The van der Waals surface area contributed by atoms with Gasteiger partial charge in [0, 0.05) is 12.0 Å². The number of hydrazine groups is 1. The van der Waals surface area contributed by atoms with Crippen molar-refractivity contribution < 1.29 is 23.9 Å². The summed E-state index contributed by atoms with van der Waals surface area (Å²) in [6, 6.07) is 6.64. The first kappa shape index (κ1) is 20.5. The number of rotatable bonds is 9. The Morgan fingerprint density at radius 1 is 1.04 bits per heavy atom. The Morgan fingerprint density at radius 2 is 1.72 bits per heavy atom. The molecule has 1 aromatic carbocycles. The third-order valence-corrected chi connectivity index (χ3v) is 3.26. The van der Waals surface area contributed by atoms with Crippen molar-refractivity contribution in [3.8, 4) is 5.75 Å². The van der Waals surface area contributed by atoms with E-state index in [1.165, 1.54) is 0 Å². The summed E-state index contributed by atoms with van der Waals surface area (Å²) in [4.78, 5) is 34.7. The summed E-state index contributed by atoms with van der Waals surface area (Å²) in [5.41, 5.74) is 4.95. The minimum atomic E-state index is -0.463. The van der Waals surface area contributed by atoms with Crippen molar-refractivity contribution in [1.82, 2.24) is 10.9 Å². The fraction of sp³-hybridized carbons (Fsp3) is 0.500. The lowest BCUT2D eigenvalue weighted by Gasteiger charge is -2.09. The summed E-state index contributed by atoms with van der Waals surface area (Å²) >= 11 is 0. The van der Waals surface area contributed by atoms with Gasteiger partial charge in [-0.05, 0) is 43.5 Å². The monoisotopic (exact) mass is 350 g/mol. The van der Waals surface area contributed by atoms with Crippen LogP contribution in [0.5, 0.6) is 5.75 Å². The van der Waals surface area contributed by atoms with E-state index in [9.17, 15) is 14.4 Å². The molecule has 0 aromatic heterocycles. The molecule has 138 valence electrons. The van der Waals surface area contributed by atoms with E-state index >= 15 is 0 Å². The van der Waals surface area contributed by atoms with Crippen molar-refractivity contribution in [2.75, 3.05) is 13.2 Å². The standard InChI is InChI=1S/C18H26N2O5/c1-4-24-17(22)10-9-16(21)19-20-18(23)14-5-7-15(8-6-14)25-12-11-13(2)3/h5-8,13H,4,9-12H2,1-3H3,(H,19,21)(H,20,23). The molecule has 0 spiro atoms. The molecule has 0 aliphatic rings. The summed E-state index contributed by atoms with van der Waals surface area (Å²) in [6.07, 6.45) is 0.875. The third kappa shape index (κ3) is 8.74. The fourth-order valence-electron chi connectivity index (χ4n) is 1.82. The van der Waals surface area contributed by atoms with Crippen molar-refractivity contribution in [3.05, 3.63) is 29.8 Å². The topological polar surface area (TPSA) is 93.7 Å². The van der Waals surface area contributed by atoms with Crippen LogP contribution in [0, 0.1) is 5.92 Å². The van der Waals surface area contributed by atoms with Gasteiger partial charge in [-0.2, -0.15) is 0 Å². The van der Waals surface area contributed by atoms with Gasteiger partial charge in [0.25, 0.3) is 5.91 Å². The Labute approximate surface area is 148 Å². The van der Waals surface area contributed by atoms with Gasteiger partial charge in [-0.25, -0.2) is 0 Å². The van der Waals surface area contributed by atoms with Crippen LogP contribution >= 0.6 is 0 Å². The minimum absolute atomic E-state index is 0.0298. The molecule has 0 radical (unpaired) electrons. The highest BCUT2D eigenvalue weighted by molar-refractivity contribution is 5.95. The fourth-order valence-corrected chi connectivity index (χ4v) is 1.82. The zero-order valence-corrected chi connectivity index (χ0v) is 15.0. The first-order valence-corrected chi connectivity index (χ1v) is 8.40. The van der Waals surface area contributed by atoms with E-state index in [2.05, 4.69) is 24.7 Å². The molecule has 7 heteroatoms. The van der Waals surface area contributed by atoms with Crippen LogP contribution in [0.25, 0.3) is 0 Å². The maximum Gasteiger partial charge on any atom is 0.306 e. The Kier molecular flexibility index (Phi) is 9.06. The molecule has 2 amide bonds. The molecule has 1 rings (SSSR count). The van der Waals surface area contributed by atoms with Crippen LogP contribution in [0.3, 0.4) is 0 Å². The Balaban J connectivity index is 2.34. The second kappa shape index (κ2) is 11.1. The Bertz CT molecular complexity index is 569. The molecule has 0 heterocycles. The molecule has 0 bridgehead atoms. The minimum Gasteiger partial charge on any atom is -0.494 e. The normalized spacial score (nSPS) is 10.2. The van der Waals surface area contributed by atoms with Crippen molar-refractivity contribution in [1.29, 1.82) is 0 Å². The Hall–Kier alpha value is -2.57. The van der Waals surface area contributed by atoms with Gasteiger partial charge in [0.2, 0.25) is 5.91 Å². The number of carbonyl (C=O) groups excluding carboxylic acids is 3. The van der Waals surface area contributed by atoms with E-state index < -0.39 is 17.8 Å². The van der Waals surface area contributed by atoms with Crippen molar-refractivity contribution in [2.45, 2.75) is 40.0 Å². The summed E-state index contributed by atoms with van der Waals surface area (Å²) in [6.45, 7) is 6.84. The predicted octanol–water partition coefficient (Wildman–Crippen LogP) is 2.22. The summed E-state index contributed by atoms with van der Waals surface area (Å²) in [5, 5.41) is 0. The van der Waals surface area contributed by atoms with Crippen molar-refractivity contribution in [3.63, 3.8) is 0 Å². The van der Waals surface area contributed by atoms with Gasteiger partial charge >= 0.3 is 5.97 Å². The molecule has 7 nitrogen and oxygen atoms in total. The van der Waals surface area contributed by atoms with E-state index in [4.69, 9.17) is 9.47 Å². The van der Waals surface area contributed by atoms with Crippen molar-refractivity contribution in [2.24, 2.45) is 5.92 Å². The molecule has 0 unspecified atom stereocenters. The summed E-state index contributed by atoms with van der Waals surface area (Å²) in [5.74, 6) is -0.0987. The molecular formula is C18H26N2O5. The average Bonchev–Trinajstić information content (AvgIpc) is 2.58. The average molecular weight is 350 g/mol. The lowest BCUT2D eigenvalue weighted by atomic mass is 10.1. The zero-order chi connectivity index (χ0) is 18.7. The highest BCUT2D eigenvalue weighted by atomic mass is 16.5. The van der Waals surface area contributed by atoms with Crippen LogP contribution in [0.2, 0.25) is 0 Å². The number of amides is 2. The smallest absolute Gasteiger partial charge is 0.306 e. The number of carbonyl (C=O) groups is 3. The summed E-state index contributed by atoms with van der Waals surface area (Å²) in [7, 11) is 0. The van der Waals surface area contributed by atoms with E-state index in [-0.39, 0.29) is 19.4 Å². The van der Waals surface area contributed by atoms with E-state index in [0.717, 1.165) is 6.42 Å². The second-order valence-electron chi connectivity index (χ2n) is 5.86.